The predicted octanol–water partition coefficient (Wildman–Crippen LogP) is -3.00. The Bertz CT molecular complexity index is 55.7. The highest BCUT2D eigenvalue weighted by Crippen LogP contribution is 1.82. The quantitative estimate of drug-likeness (QED) is 0.435. The van der Waals surface area contributed by atoms with Gasteiger partial charge in [0.05, 0.1) is 6.61 Å². The highest BCUT2D eigenvalue weighted by molar-refractivity contribution is 4.53. The topological polar surface area (TPSA) is 69.6 Å². The van der Waals surface area contributed by atoms with Gasteiger partial charge in [-0.25, -0.2) is 0 Å². The molecule has 0 bridgehead atoms. The molecule has 0 fully saturated rings. The van der Waals surface area contributed by atoms with Crippen molar-refractivity contribution in [3.05, 3.63) is 0 Å². The molecule has 0 aromatic heterocycles. The van der Waals surface area contributed by atoms with E-state index < -0.39 is 0 Å². The molecule has 0 saturated carbocycles. The van der Waals surface area contributed by atoms with Crippen LogP contribution in [0.25, 0.3) is 0 Å². The summed E-state index contributed by atoms with van der Waals surface area (Å²) in [5, 5.41) is 28.6. The van der Waals surface area contributed by atoms with E-state index in [0.29, 0.717) is 19.6 Å². The molecule has 0 amide bonds. The van der Waals surface area contributed by atoms with Gasteiger partial charge in [-0.1, -0.05) is 0 Å². The Morgan fingerprint density at radius 3 is 1.80 bits per heavy atom. The van der Waals surface area contributed by atoms with E-state index in [9.17, 15) is 10.2 Å². The lowest BCUT2D eigenvalue weighted by Gasteiger charge is -2.23. The molecule has 4 nitrogen and oxygen atoms in total. The smallest absolute Gasteiger partial charge is 0.0558 e. The van der Waals surface area contributed by atoms with Gasteiger partial charge in [-0.15, -0.1) is 13.2 Å². The van der Waals surface area contributed by atoms with Crippen molar-refractivity contribution in [2.75, 3.05) is 39.5 Å². The summed E-state index contributed by atoms with van der Waals surface area (Å²) in [6, 6.07) is 0. The summed E-state index contributed by atoms with van der Waals surface area (Å²) in [5.74, 6) is 0. The third kappa shape index (κ3) is 4.69. The van der Waals surface area contributed by atoms with E-state index in [-0.39, 0.29) is 19.8 Å². The first-order chi connectivity index (χ1) is 4.85. The zero-order chi connectivity index (χ0) is 7.82. The van der Waals surface area contributed by atoms with Crippen molar-refractivity contribution in [1.82, 2.24) is 4.90 Å². The molecule has 62 valence electrons. The monoisotopic (exact) mass is 147 g/mol. The van der Waals surface area contributed by atoms with Crippen LogP contribution in [0.2, 0.25) is 0 Å². The standard InChI is InChI=1S/C6H13NO3/c8-4-1-7(2-5-9)3-6-10/h8H,1-6H2/q-2. The van der Waals surface area contributed by atoms with E-state index in [2.05, 4.69) is 0 Å². The lowest BCUT2D eigenvalue weighted by Crippen LogP contribution is -2.37. The van der Waals surface area contributed by atoms with Crippen LogP contribution >= 0.6 is 0 Å². The van der Waals surface area contributed by atoms with E-state index in [0.717, 1.165) is 0 Å². The largest absolute Gasteiger partial charge is 0.854 e. The minimum absolute atomic E-state index is 0.0139. The zero-order valence-corrected chi connectivity index (χ0v) is 5.95. The molecule has 0 aromatic carbocycles. The van der Waals surface area contributed by atoms with E-state index in [1.54, 1.807) is 4.90 Å². The van der Waals surface area contributed by atoms with Gasteiger partial charge in [0, 0.05) is 6.54 Å². The minimum atomic E-state index is -0.208. The second-order valence-electron chi connectivity index (χ2n) is 1.97. The average Bonchev–Trinajstić information content (AvgIpc) is 1.90. The van der Waals surface area contributed by atoms with Crippen molar-refractivity contribution in [3.8, 4) is 0 Å². The van der Waals surface area contributed by atoms with Crippen molar-refractivity contribution < 1.29 is 15.3 Å². The fourth-order valence-corrected chi connectivity index (χ4v) is 0.735. The Morgan fingerprint density at radius 1 is 1.00 bits per heavy atom. The first-order valence-electron chi connectivity index (χ1n) is 3.34. The molecule has 4 heteroatoms. The lowest BCUT2D eigenvalue weighted by molar-refractivity contribution is -0.378. The first kappa shape index (κ1) is 9.84. The van der Waals surface area contributed by atoms with Crippen LogP contribution in [0.5, 0.6) is 0 Å². The maximum Gasteiger partial charge on any atom is 0.0558 e. The highest BCUT2D eigenvalue weighted by atomic mass is 16.3. The number of rotatable bonds is 6. The van der Waals surface area contributed by atoms with Crippen LogP contribution in [0.3, 0.4) is 0 Å². The Hall–Kier alpha value is -0.160. The Balaban J connectivity index is 3.30. The molecule has 0 aromatic rings. The van der Waals surface area contributed by atoms with E-state index >= 15 is 0 Å². The summed E-state index contributed by atoms with van der Waals surface area (Å²) in [6.45, 7) is 0.760. The molecule has 0 aliphatic heterocycles. The summed E-state index contributed by atoms with van der Waals surface area (Å²) >= 11 is 0. The number of aliphatic hydroxyl groups is 1. The van der Waals surface area contributed by atoms with Gasteiger partial charge >= 0.3 is 0 Å². The van der Waals surface area contributed by atoms with E-state index in [4.69, 9.17) is 5.11 Å². The van der Waals surface area contributed by atoms with Crippen molar-refractivity contribution >= 4 is 0 Å². The second kappa shape index (κ2) is 6.95. The number of hydrogen-bond acceptors (Lipinski definition) is 4. The van der Waals surface area contributed by atoms with Crippen molar-refractivity contribution in [1.29, 1.82) is 0 Å². The van der Waals surface area contributed by atoms with Gasteiger partial charge in [0.2, 0.25) is 0 Å². The van der Waals surface area contributed by atoms with Crippen LogP contribution in [0.4, 0.5) is 0 Å². The van der Waals surface area contributed by atoms with Crippen LogP contribution in [0.15, 0.2) is 0 Å². The third-order valence-electron chi connectivity index (χ3n) is 1.23. The summed E-state index contributed by atoms with van der Waals surface area (Å²) in [6.07, 6.45) is 0. The Morgan fingerprint density at radius 2 is 1.50 bits per heavy atom. The minimum Gasteiger partial charge on any atom is -0.854 e. The normalized spacial score (nSPS) is 10.8. The molecule has 10 heavy (non-hydrogen) atoms. The molecular formula is C6H13NO3-2. The number of aliphatic hydroxyl groups excluding tert-OH is 1. The maximum atomic E-state index is 10.1. The first-order valence-corrected chi connectivity index (χ1v) is 3.34. The van der Waals surface area contributed by atoms with E-state index in [1.807, 2.05) is 0 Å². The fourth-order valence-electron chi connectivity index (χ4n) is 0.735. The molecule has 0 aliphatic carbocycles. The molecular weight excluding hydrogens is 134 g/mol. The highest BCUT2D eigenvalue weighted by Gasteiger charge is 1.95. The lowest BCUT2D eigenvalue weighted by atomic mass is 10.4. The van der Waals surface area contributed by atoms with Gasteiger partial charge in [0.25, 0.3) is 0 Å². The summed E-state index contributed by atoms with van der Waals surface area (Å²) in [4.78, 5) is 1.67. The molecule has 0 aliphatic rings. The summed E-state index contributed by atoms with van der Waals surface area (Å²) in [7, 11) is 0. The predicted molar refractivity (Wildman–Crippen MR) is 33.3 cm³/mol. The molecule has 1 N–H and O–H groups in total. The van der Waals surface area contributed by atoms with Crippen molar-refractivity contribution in [2.24, 2.45) is 0 Å². The van der Waals surface area contributed by atoms with Gasteiger partial charge in [0.1, 0.15) is 0 Å². The van der Waals surface area contributed by atoms with Crippen LogP contribution in [0, 0.1) is 0 Å². The Kier molecular flexibility index (Phi) is 6.84. The molecule has 0 radical (unpaired) electrons. The van der Waals surface area contributed by atoms with E-state index in [1.165, 1.54) is 0 Å². The molecule has 0 spiro atoms. The van der Waals surface area contributed by atoms with Crippen LogP contribution in [-0.4, -0.2) is 49.5 Å². The van der Waals surface area contributed by atoms with Gasteiger partial charge in [0.15, 0.2) is 0 Å². The molecule has 0 heterocycles. The van der Waals surface area contributed by atoms with Crippen LogP contribution in [0.1, 0.15) is 0 Å². The second-order valence-corrected chi connectivity index (χ2v) is 1.97. The van der Waals surface area contributed by atoms with Crippen LogP contribution in [-0.2, 0) is 0 Å². The molecule has 0 unspecified atom stereocenters. The summed E-state index contributed by atoms with van der Waals surface area (Å²) < 4.78 is 0. The number of hydrogen-bond donors (Lipinski definition) is 1. The summed E-state index contributed by atoms with van der Waals surface area (Å²) in [5.41, 5.74) is 0. The Labute approximate surface area is 60.7 Å². The van der Waals surface area contributed by atoms with Gasteiger partial charge in [-0.2, -0.15) is 0 Å². The van der Waals surface area contributed by atoms with Gasteiger partial charge in [-0.3, -0.25) is 0 Å². The third-order valence-corrected chi connectivity index (χ3v) is 1.23. The van der Waals surface area contributed by atoms with Crippen LogP contribution < -0.4 is 10.2 Å². The maximum absolute atomic E-state index is 10.1. The molecule has 0 rings (SSSR count). The zero-order valence-electron chi connectivity index (χ0n) is 5.95. The molecule has 0 atom stereocenters. The SMILES string of the molecule is [O-]CCN(CC[O-])CCO. The molecule has 0 saturated heterocycles. The fraction of sp³-hybridized carbons (Fsp3) is 1.00. The number of nitrogens with zero attached hydrogens (tertiary/aromatic N) is 1. The van der Waals surface area contributed by atoms with Gasteiger partial charge < -0.3 is 20.2 Å². The average molecular weight is 147 g/mol. The van der Waals surface area contributed by atoms with Gasteiger partial charge in [-0.05, 0) is 13.1 Å². The van der Waals surface area contributed by atoms with Crippen molar-refractivity contribution in [3.63, 3.8) is 0 Å². The van der Waals surface area contributed by atoms with Crippen molar-refractivity contribution in [2.45, 2.75) is 0 Å².